The first kappa shape index (κ1) is 16.9. The second kappa shape index (κ2) is 7.36. The van der Waals surface area contributed by atoms with E-state index in [0.29, 0.717) is 17.1 Å². The Morgan fingerprint density at radius 2 is 1.89 bits per heavy atom. The second-order valence-corrected chi connectivity index (χ2v) is 6.39. The highest BCUT2D eigenvalue weighted by molar-refractivity contribution is 5.97. The Balaban J connectivity index is 1.38. The highest BCUT2D eigenvalue weighted by Crippen LogP contribution is 2.20. The van der Waals surface area contributed by atoms with Crippen LogP contribution in [0.15, 0.2) is 54.6 Å². The molecule has 1 aliphatic carbocycles. The first-order valence-electron chi connectivity index (χ1n) is 8.71. The average Bonchev–Trinajstić information content (AvgIpc) is 3.37. The molecule has 136 valence electrons. The van der Waals surface area contributed by atoms with E-state index in [4.69, 9.17) is 0 Å². The number of rotatable bonds is 6. The van der Waals surface area contributed by atoms with Gasteiger partial charge < -0.3 is 10.6 Å². The number of hydrogen-bond acceptors (Lipinski definition) is 5. The van der Waals surface area contributed by atoms with Gasteiger partial charge in [0, 0.05) is 22.9 Å². The van der Waals surface area contributed by atoms with Crippen LogP contribution in [0.4, 0.5) is 5.69 Å². The van der Waals surface area contributed by atoms with Crippen LogP contribution in [0.25, 0.3) is 11.4 Å². The SMILES string of the molecule is O=C(Cn1nnc(-c2ccccc2)n1)Nc1cccc(C(=O)NC2CC2)c1. The summed E-state index contributed by atoms with van der Waals surface area (Å²) in [5.41, 5.74) is 1.90. The van der Waals surface area contributed by atoms with Crippen molar-refractivity contribution in [2.24, 2.45) is 0 Å². The Morgan fingerprint density at radius 1 is 1.07 bits per heavy atom. The van der Waals surface area contributed by atoms with Gasteiger partial charge in [0.2, 0.25) is 11.7 Å². The van der Waals surface area contributed by atoms with Crippen molar-refractivity contribution in [3.8, 4) is 11.4 Å². The minimum absolute atomic E-state index is 0.0711. The molecule has 1 heterocycles. The first-order valence-corrected chi connectivity index (χ1v) is 8.71. The van der Waals surface area contributed by atoms with Crippen LogP contribution < -0.4 is 10.6 Å². The number of amides is 2. The van der Waals surface area contributed by atoms with Crippen LogP contribution in [0.2, 0.25) is 0 Å². The maximum absolute atomic E-state index is 12.3. The third-order valence-electron chi connectivity index (χ3n) is 4.09. The third-order valence-corrected chi connectivity index (χ3v) is 4.09. The van der Waals surface area contributed by atoms with E-state index in [1.165, 1.54) is 4.80 Å². The molecule has 0 atom stereocenters. The van der Waals surface area contributed by atoms with Crippen molar-refractivity contribution < 1.29 is 9.59 Å². The number of aromatic nitrogens is 4. The molecule has 1 aliphatic rings. The van der Waals surface area contributed by atoms with Crippen molar-refractivity contribution in [1.82, 2.24) is 25.5 Å². The summed E-state index contributed by atoms with van der Waals surface area (Å²) in [5.74, 6) is 0.0351. The quantitative estimate of drug-likeness (QED) is 0.697. The number of anilines is 1. The highest BCUT2D eigenvalue weighted by Gasteiger charge is 2.23. The summed E-state index contributed by atoms with van der Waals surface area (Å²) < 4.78 is 0. The molecular formula is C19H18N6O2. The topological polar surface area (TPSA) is 102 Å². The van der Waals surface area contributed by atoms with Crippen molar-refractivity contribution in [2.45, 2.75) is 25.4 Å². The van der Waals surface area contributed by atoms with Gasteiger partial charge in [0.25, 0.3) is 5.91 Å². The van der Waals surface area contributed by atoms with Crippen LogP contribution in [0.5, 0.6) is 0 Å². The fourth-order valence-corrected chi connectivity index (χ4v) is 2.58. The summed E-state index contributed by atoms with van der Waals surface area (Å²) in [6, 6.07) is 16.5. The predicted octanol–water partition coefficient (Wildman–Crippen LogP) is 1.87. The summed E-state index contributed by atoms with van der Waals surface area (Å²) in [4.78, 5) is 25.6. The monoisotopic (exact) mass is 362 g/mol. The number of hydrogen-bond donors (Lipinski definition) is 2. The van der Waals surface area contributed by atoms with E-state index in [9.17, 15) is 9.59 Å². The van der Waals surface area contributed by atoms with E-state index in [1.54, 1.807) is 24.3 Å². The van der Waals surface area contributed by atoms with Gasteiger partial charge >= 0.3 is 0 Å². The van der Waals surface area contributed by atoms with Gasteiger partial charge in [-0.25, -0.2) is 0 Å². The van der Waals surface area contributed by atoms with Gasteiger partial charge in [-0.2, -0.15) is 4.80 Å². The van der Waals surface area contributed by atoms with Gasteiger partial charge in [0.1, 0.15) is 6.54 Å². The van der Waals surface area contributed by atoms with E-state index in [1.807, 2.05) is 30.3 Å². The molecule has 0 aliphatic heterocycles. The Kier molecular flexibility index (Phi) is 4.61. The Morgan fingerprint density at radius 3 is 2.67 bits per heavy atom. The Hall–Kier alpha value is -3.55. The van der Waals surface area contributed by atoms with Gasteiger partial charge in [0.05, 0.1) is 0 Å². The molecule has 1 saturated carbocycles. The molecule has 2 amide bonds. The summed E-state index contributed by atoms with van der Waals surface area (Å²) in [5, 5.41) is 17.8. The van der Waals surface area contributed by atoms with E-state index in [-0.39, 0.29) is 24.4 Å². The predicted molar refractivity (Wildman–Crippen MR) is 98.8 cm³/mol. The maximum Gasteiger partial charge on any atom is 0.251 e. The number of tetrazole rings is 1. The van der Waals surface area contributed by atoms with E-state index >= 15 is 0 Å². The zero-order valence-electron chi connectivity index (χ0n) is 14.5. The van der Waals surface area contributed by atoms with Crippen LogP contribution >= 0.6 is 0 Å². The summed E-state index contributed by atoms with van der Waals surface area (Å²) in [6.07, 6.45) is 2.05. The Bertz CT molecular complexity index is 965. The molecule has 2 aromatic carbocycles. The number of nitrogens with one attached hydrogen (secondary N) is 2. The molecular weight excluding hydrogens is 344 g/mol. The fraction of sp³-hybridized carbons (Fsp3) is 0.211. The molecule has 0 spiro atoms. The normalized spacial score (nSPS) is 13.2. The van der Waals surface area contributed by atoms with Crippen LogP contribution in [0.1, 0.15) is 23.2 Å². The lowest BCUT2D eigenvalue weighted by Crippen LogP contribution is -2.25. The first-order chi connectivity index (χ1) is 13.2. The standard InChI is InChI=1S/C19H18N6O2/c26-17(12-25-23-18(22-24-25)13-5-2-1-3-6-13)20-16-8-4-7-14(11-16)19(27)21-15-9-10-15/h1-8,11,15H,9-10,12H2,(H,20,26)(H,21,27). The fourth-order valence-electron chi connectivity index (χ4n) is 2.58. The van der Waals surface area contributed by atoms with Gasteiger partial charge in [-0.05, 0) is 36.3 Å². The summed E-state index contributed by atoms with van der Waals surface area (Å²) >= 11 is 0. The zero-order chi connectivity index (χ0) is 18.6. The van der Waals surface area contributed by atoms with Crippen LogP contribution in [-0.2, 0) is 11.3 Å². The van der Waals surface area contributed by atoms with E-state index in [2.05, 4.69) is 26.0 Å². The minimum atomic E-state index is -0.299. The molecule has 0 radical (unpaired) electrons. The van der Waals surface area contributed by atoms with Crippen LogP contribution in [0.3, 0.4) is 0 Å². The lowest BCUT2D eigenvalue weighted by molar-refractivity contribution is -0.117. The van der Waals surface area contributed by atoms with Crippen molar-refractivity contribution in [2.75, 3.05) is 5.32 Å². The van der Waals surface area contributed by atoms with E-state index < -0.39 is 0 Å². The second-order valence-electron chi connectivity index (χ2n) is 6.39. The van der Waals surface area contributed by atoms with Crippen molar-refractivity contribution in [3.05, 3.63) is 60.2 Å². The maximum atomic E-state index is 12.3. The number of nitrogens with zero attached hydrogens (tertiary/aromatic N) is 4. The van der Waals surface area contributed by atoms with Crippen LogP contribution in [-0.4, -0.2) is 38.1 Å². The lowest BCUT2D eigenvalue weighted by Gasteiger charge is -2.07. The summed E-state index contributed by atoms with van der Waals surface area (Å²) in [6.45, 7) is -0.0711. The summed E-state index contributed by atoms with van der Waals surface area (Å²) in [7, 11) is 0. The number of benzene rings is 2. The van der Waals surface area contributed by atoms with Gasteiger partial charge in [0.15, 0.2) is 0 Å². The molecule has 1 aromatic heterocycles. The molecule has 27 heavy (non-hydrogen) atoms. The minimum Gasteiger partial charge on any atom is -0.349 e. The molecule has 1 fully saturated rings. The molecule has 8 nitrogen and oxygen atoms in total. The Labute approximate surface area is 155 Å². The van der Waals surface area contributed by atoms with Gasteiger partial charge in [-0.3, -0.25) is 9.59 Å². The van der Waals surface area contributed by atoms with Gasteiger partial charge in [-0.1, -0.05) is 36.4 Å². The third kappa shape index (κ3) is 4.35. The van der Waals surface area contributed by atoms with Crippen molar-refractivity contribution in [1.29, 1.82) is 0 Å². The highest BCUT2D eigenvalue weighted by atomic mass is 16.2. The van der Waals surface area contributed by atoms with Crippen molar-refractivity contribution in [3.63, 3.8) is 0 Å². The molecule has 0 unspecified atom stereocenters. The average molecular weight is 362 g/mol. The zero-order valence-corrected chi connectivity index (χ0v) is 14.5. The lowest BCUT2D eigenvalue weighted by atomic mass is 10.2. The molecule has 0 saturated heterocycles. The molecule has 0 bridgehead atoms. The molecule has 4 rings (SSSR count). The number of carbonyl (C=O) groups excluding carboxylic acids is 2. The molecule has 2 N–H and O–H groups in total. The molecule has 8 heteroatoms. The molecule has 3 aromatic rings. The largest absolute Gasteiger partial charge is 0.349 e. The van der Waals surface area contributed by atoms with Crippen molar-refractivity contribution >= 4 is 17.5 Å². The van der Waals surface area contributed by atoms with E-state index in [0.717, 1.165) is 18.4 Å². The van der Waals surface area contributed by atoms with Crippen LogP contribution in [0, 0.1) is 0 Å². The van der Waals surface area contributed by atoms with Gasteiger partial charge in [-0.15, -0.1) is 10.2 Å². The smallest absolute Gasteiger partial charge is 0.251 e. The number of carbonyl (C=O) groups is 2.